The molecule has 1 atom stereocenters. The van der Waals surface area contributed by atoms with Crippen molar-refractivity contribution in [3.63, 3.8) is 0 Å². The number of hydrogen-bond acceptors (Lipinski definition) is 7. The number of anilines is 1. The first-order valence-corrected chi connectivity index (χ1v) is 12.7. The van der Waals surface area contributed by atoms with Crippen LogP contribution in [0.5, 0.6) is 5.75 Å². The average molecular weight is 520 g/mol. The molecule has 200 valence electrons. The van der Waals surface area contributed by atoms with Gasteiger partial charge >= 0.3 is 0 Å². The van der Waals surface area contributed by atoms with Crippen LogP contribution in [0.25, 0.3) is 11.1 Å². The molecule has 0 saturated heterocycles. The minimum atomic E-state index is -0.985. The molecule has 0 aliphatic carbocycles. The number of nitriles is 1. The molecule has 1 unspecified atom stereocenters. The van der Waals surface area contributed by atoms with Crippen molar-refractivity contribution in [2.75, 3.05) is 5.73 Å². The number of aryl methyl sites for hydroxylation is 1. The van der Waals surface area contributed by atoms with E-state index in [1.54, 1.807) is 46.1 Å². The van der Waals surface area contributed by atoms with Gasteiger partial charge in [0.1, 0.15) is 35.1 Å². The smallest absolute Gasteiger partial charge is 0.272 e. The Kier molecular flexibility index (Phi) is 8.20. The lowest BCUT2D eigenvalue weighted by Crippen LogP contribution is -2.46. The summed E-state index contributed by atoms with van der Waals surface area (Å²) in [5, 5.41) is 14.4. The fourth-order valence-electron chi connectivity index (χ4n) is 4.44. The Labute approximate surface area is 222 Å². The van der Waals surface area contributed by atoms with Gasteiger partial charge in [0.2, 0.25) is 0 Å². The van der Waals surface area contributed by atoms with E-state index in [-0.39, 0.29) is 18.3 Å². The molecule has 2 aliphatic heterocycles. The van der Waals surface area contributed by atoms with Gasteiger partial charge in [0.05, 0.1) is 12.2 Å². The minimum Gasteiger partial charge on any atom is -0.482 e. The van der Waals surface area contributed by atoms with Gasteiger partial charge in [-0.05, 0) is 45.0 Å². The van der Waals surface area contributed by atoms with Gasteiger partial charge in [-0.1, -0.05) is 27.7 Å². The number of aliphatic imine (C=N–C) groups is 1. The molecule has 1 amide bonds. The van der Waals surface area contributed by atoms with E-state index < -0.39 is 17.5 Å². The molecule has 0 spiro atoms. The predicted octanol–water partition coefficient (Wildman–Crippen LogP) is 5.15. The van der Waals surface area contributed by atoms with Crippen LogP contribution in [0.15, 0.2) is 35.5 Å². The highest BCUT2D eigenvalue weighted by Crippen LogP contribution is 2.38. The Bertz CT molecular complexity index is 1440. The maximum absolute atomic E-state index is 14.3. The fourth-order valence-corrected chi connectivity index (χ4v) is 4.44. The van der Waals surface area contributed by atoms with Crippen molar-refractivity contribution in [3.05, 3.63) is 58.8 Å². The molecule has 38 heavy (non-hydrogen) atoms. The summed E-state index contributed by atoms with van der Waals surface area (Å²) < 4.78 is 22.0. The number of benzene rings is 1. The van der Waals surface area contributed by atoms with Crippen LogP contribution in [0.4, 0.5) is 10.2 Å². The summed E-state index contributed by atoms with van der Waals surface area (Å²) in [6, 6.07) is 8.19. The van der Waals surface area contributed by atoms with Crippen LogP contribution >= 0.6 is 0 Å². The number of hydrogen-bond donors (Lipinski definition) is 1. The number of carbonyl (C=O) groups is 1. The number of ether oxygens (including phenoxy) is 1. The molecular formula is C28H34FN7O2. The van der Waals surface area contributed by atoms with Crippen molar-refractivity contribution in [2.24, 2.45) is 12.0 Å². The number of amidine groups is 1. The van der Waals surface area contributed by atoms with Gasteiger partial charge in [0, 0.05) is 35.5 Å². The number of carbonyl (C=O) groups excluding carboxylic acids is 1. The Hall–Kier alpha value is -4.26. The van der Waals surface area contributed by atoms with Crippen LogP contribution < -0.4 is 10.5 Å². The topological polar surface area (TPSA) is 122 Å². The second-order valence-corrected chi connectivity index (χ2v) is 8.89. The van der Waals surface area contributed by atoms with Crippen molar-refractivity contribution < 1.29 is 13.9 Å². The van der Waals surface area contributed by atoms with E-state index >= 15 is 0 Å². The zero-order valence-corrected chi connectivity index (χ0v) is 23.1. The Morgan fingerprint density at radius 3 is 2.55 bits per heavy atom. The highest BCUT2D eigenvalue weighted by Gasteiger charge is 2.44. The van der Waals surface area contributed by atoms with Crippen molar-refractivity contribution in [1.29, 1.82) is 5.26 Å². The number of pyridine rings is 1. The molecule has 10 heteroatoms. The Morgan fingerprint density at radius 1 is 1.21 bits per heavy atom. The SMILES string of the molecule is CC.CC.CC1Oc2cc(cnc2N)-c2c(nn(C)c2C#N)CN2C(=NC(=O)C2(C)C)c2ccc(F)cc21. The van der Waals surface area contributed by atoms with Gasteiger partial charge in [-0.25, -0.2) is 9.37 Å². The third-order valence-electron chi connectivity index (χ3n) is 6.36. The second kappa shape index (κ2) is 11.0. The van der Waals surface area contributed by atoms with Gasteiger partial charge in [-0.3, -0.25) is 9.48 Å². The number of halogens is 1. The number of fused-ring (bicyclic) bond motifs is 7. The Balaban J connectivity index is 0.000000956. The average Bonchev–Trinajstić information content (AvgIpc) is 3.34. The first-order valence-electron chi connectivity index (χ1n) is 12.7. The molecule has 2 N–H and O–H groups in total. The van der Waals surface area contributed by atoms with E-state index in [1.165, 1.54) is 16.8 Å². The Morgan fingerprint density at radius 2 is 1.89 bits per heavy atom. The van der Waals surface area contributed by atoms with E-state index in [1.807, 2.05) is 32.6 Å². The van der Waals surface area contributed by atoms with E-state index in [2.05, 4.69) is 21.1 Å². The van der Waals surface area contributed by atoms with Crippen LogP contribution in [0.1, 0.15) is 77.1 Å². The van der Waals surface area contributed by atoms with Crippen LogP contribution in [0, 0.1) is 17.1 Å². The van der Waals surface area contributed by atoms with E-state index in [0.29, 0.717) is 45.2 Å². The van der Waals surface area contributed by atoms with E-state index in [9.17, 15) is 14.4 Å². The zero-order chi connectivity index (χ0) is 28.4. The maximum Gasteiger partial charge on any atom is 0.272 e. The molecule has 1 aromatic carbocycles. The summed E-state index contributed by atoms with van der Waals surface area (Å²) >= 11 is 0. The van der Waals surface area contributed by atoms with Gasteiger partial charge in [0.15, 0.2) is 11.6 Å². The van der Waals surface area contributed by atoms with Crippen molar-refractivity contribution in [2.45, 2.75) is 66.7 Å². The maximum atomic E-state index is 14.3. The van der Waals surface area contributed by atoms with Gasteiger partial charge in [-0.15, -0.1) is 0 Å². The molecular weight excluding hydrogens is 485 g/mol. The highest BCUT2D eigenvalue weighted by atomic mass is 19.1. The first kappa shape index (κ1) is 28.3. The molecule has 2 aromatic heterocycles. The number of nitrogens with zero attached hydrogens (tertiary/aromatic N) is 6. The largest absolute Gasteiger partial charge is 0.482 e. The highest BCUT2D eigenvalue weighted by molar-refractivity contribution is 6.14. The number of nitrogen functional groups attached to an aromatic ring is 1. The van der Waals surface area contributed by atoms with Gasteiger partial charge in [-0.2, -0.15) is 15.4 Å². The van der Waals surface area contributed by atoms with Crippen LogP contribution in [0.2, 0.25) is 0 Å². The normalized spacial score (nSPS) is 16.8. The number of aromatic nitrogens is 3. The summed E-state index contributed by atoms with van der Waals surface area (Å²) in [6.45, 7) is 13.5. The zero-order valence-electron chi connectivity index (χ0n) is 23.1. The molecule has 9 nitrogen and oxygen atoms in total. The lowest BCUT2D eigenvalue weighted by Gasteiger charge is -2.33. The summed E-state index contributed by atoms with van der Waals surface area (Å²) in [5.74, 6) is 0.0749. The third-order valence-corrected chi connectivity index (χ3v) is 6.36. The summed E-state index contributed by atoms with van der Waals surface area (Å²) in [5.41, 5.74) is 8.24. The number of amides is 1. The monoisotopic (exact) mass is 519 g/mol. The molecule has 4 heterocycles. The van der Waals surface area contributed by atoms with Crippen LogP contribution in [0.3, 0.4) is 0 Å². The molecule has 2 bridgehead atoms. The van der Waals surface area contributed by atoms with Crippen LogP contribution in [-0.2, 0) is 18.4 Å². The van der Waals surface area contributed by atoms with Gasteiger partial charge in [0.25, 0.3) is 5.91 Å². The van der Waals surface area contributed by atoms with Crippen molar-refractivity contribution >= 4 is 17.6 Å². The van der Waals surface area contributed by atoms with E-state index in [0.717, 1.165) is 0 Å². The first-order chi connectivity index (χ1) is 18.1. The number of nitrogens with two attached hydrogens (primary N) is 1. The molecule has 0 radical (unpaired) electrons. The molecule has 3 aromatic rings. The third kappa shape index (κ3) is 4.72. The molecule has 0 fully saturated rings. The van der Waals surface area contributed by atoms with Crippen molar-refractivity contribution in [1.82, 2.24) is 19.7 Å². The van der Waals surface area contributed by atoms with Gasteiger partial charge < -0.3 is 15.4 Å². The fraction of sp³-hybridized carbons (Fsp3) is 0.393. The molecule has 5 rings (SSSR count). The van der Waals surface area contributed by atoms with Crippen LogP contribution in [-0.4, -0.2) is 36.9 Å². The lowest BCUT2D eigenvalue weighted by atomic mass is 9.97. The summed E-state index contributed by atoms with van der Waals surface area (Å²) in [4.78, 5) is 23.4. The minimum absolute atomic E-state index is 0.158. The van der Waals surface area contributed by atoms with E-state index in [4.69, 9.17) is 10.5 Å². The lowest BCUT2D eigenvalue weighted by molar-refractivity contribution is -0.124. The standard InChI is InChI=1S/C24H22FN7O2.2C2H6/c1-12-16-8-14(25)5-6-15(16)22-29-23(33)24(2,3)32(22)11-17-20(18(9-26)31(4)30-17)13-7-19(34-12)21(27)28-10-13;2*1-2/h5-8,10,12H,11H2,1-4H3,(H2,27,28);2*1-2H3. The summed E-state index contributed by atoms with van der Waals surface area (Å²) in [7, 11) is 1.68. The quantitative estimate of drug-likeness (QED) is 0.436. The van der Waals surface area contributed by atoms with Crippen molar-refractivity contribution in [3.8, 4) is 22.9 Å². The summed E-state index contributed by atoms with van der Waals surface area (Å²) in [6.07, 6.45) is 0.916. The predicted molar refractivity (Wildman–Crippen MR) is 145 cm³/mol. The molecule has 0 saturated carbocycles. The molecule has 2 aliphatic rings. The number of rotatable bonds is 0. The second-order valence-electron chi connectivity index (χ2n) is 8.89.